The topological polar surface area (TPSA) is 133 Å². The molecule has 2 aromatic carbocycles. The number of ether oxygens (including phenoxy) is 2. The van der Waals surface area contributed by atoms with Crippen molar-refractivity contribution < 1.29 is 32.2 Å². The number of aliphatic hydroxyl groups is 1. The number of fused-ring (bicyclic) bond motifs is 1. The number of hydrogen-bond donors (Lipinski definition) is 2. The van der Waals surface area contributed by atoms with Gasteiger partial charge in [-0.1, -0.05) is 30.3 Å². The first-order chi connectivity index (χ1) is 18.3. The summed E-state index contributed by atoms with van der Waals surface area (Å²) in [6, 6.07) is 15.1. The Morgan fingerprint density at radius 2 is 1.95 bits per heavy atom. The molecule has 0 unspecified atom stereocenters. The largest absolute Gasteiger partial charge is 0.493 e. The normalized spacial score (nSPS) is 14.4. The molecule has 5 rings (SSSR count). The van der Waals surface area contributed by atoms with Crippen molar-refractivity contribution in [3.63, 3.8) is 0 Å². The lowest BCUT2D eigenvalue weighted by molar-refractivity contribution is -0.158. The third-order valence-corrected chi connectivity index (χ3v) is 7.32. The number of halogens is 1. The Kier molecular flexibility index (Phi) is 7.36. The SMILES string of the molecule is O=C(OCn1c(S(=O)(=O)NCc2cc(OCC3CC3)ccn2)nc2cc(F)ccc21)[C@H](O)c1ccccc1. The molecular weight excluding hydrogens is 515 g/mol. The van der Waals surface area contributed by atoms with Crippen LogP contribution in [0.2, 0.25) is 0 Å². The maximum atomic E-state index is 13.9. The third kappa shape index (κ3) is 5.98. The van der Waals surface area contributed by atoms with Crippen molar-refractivity contribution in [2.24, 2.45) is 5.92 Å². The van der Waals surface area contributed by atoms with E-state index in [4.69, 9.17) is 9.47 Å². The number of pyridine rings is 1. The monoisotopic (exact) mass is 540 g/mol. The van der Waals surface area contributed by atoms with Gasteiger partial charge >= 0.3 is 5.97 Å². The molecule has 2 N–H and O–H groups in total. The summed E-state index contributed by atoms with van der Waals surface area (Å²) >= 11 is 0. The van der Waals surface area contributed by atoms with E-state index in [0.29, 0.717) is 29.5 Å². The van der Waals surface area contributed by atoms with Gasteiger partial charge in [0.05, 0.1) is 29.9 Å². The van der Waals surface area contributed by atoms with Crippen molar-refractivity contribution in [3.8, 4) is 5.75 Å². The molecule has 0 amide bonds. The first-order valence-corrected chi connectivity index (χ1v) is 13.4. The van der Waals surface area contributed by atoms with Gasteiger partial charge in [-0.3, -0.25) is 9.55 Å². The Labute approximate surface area is 218 Å². The summed E-state index contributed by atoms with van der Waals surface area (Å²) in [7, 11) is -4.27. The van der Waals surface area contributed by atoms with Gasteiger partial charge in [0, 0.05) is 18.3 Å². The number of carbonyl (C=O) groups excluding carboxylic acids is 1. The molecule has 0 radical (unpaired) electrons. The van der Waals surface area contributed by atoms with Crippen LogP contribution in [0.25, 0.3) is 11.0 Å². The molecule has 198 valence electrons. The zero-order chi connectivity index (χ0) is 26.7. The Morgan fingerprint density at radius 1 is 1.16 bits per heavy atom. The first-order valence-electron chi connectivity index (χ1n) is 11.9. The Hall–Kier alpha value is -3.87. The van der Waals surface area contributed by atoms with Gasteiger partial charge in [0.25, 0.3) is 10.0 Å². The second-order valence-corrected chi connectivity index (χ2v) is 10.6. The number of nitrogens with zero attached hydrogens (tertiary/aromatic N) is 3. The molecule has 1 saturated carbocycles. The predicted molar refractivity (Wildman–Crippen MR) is 134 cm³/mol. The molecule has 1 aliphatic carbocycles. The highest BCUT2D eigenvalue weighted by atomic mass is 32.2. The van der Waals surface area contributed by atoms with Crippen LogP contribution in [0.5, 0.6) is 5.75 Å². The Morgan fingerprint density at radius 3 is 2.71 bits per heavy atom. The average Bonchev–Trinajstić information content (AvgIpc) is 3.69. The lowest BCUT2D eigenvalue weighted by Crippen LogP contribution is -2.28. The summed E-state index contributed by atoms with van der Waals surface area (Å²) in [6.45, 7) is -0.135. The van der Waals surface area contributed by atoms with Crippen molar-refractivity contribution in [1.82, 2.24) is 19.3 Å². The smallest absolute Gasteiger partial charge is 0.341 e. The third-order valence-electron chi connectivity index (χ3n) is 6.00. The molecule has 12 heteroatoms. The van der Waals surface area contributed by atoms with Gasteiger partial charge < -0.3 is 14.6 Å². The Bertz CT molecular complexity index is 1560. The standard InChI is InChI=1S/C26H25FN4O6S/c27-19-8-9-23-22(12-19)30-26(31(23)16-37-25(33)24(32)18-4-2-1-3-5-18)38(34,35)29-14-20-13-21(10-11-28-20)36-15-17-6-7-17/h1-5,8-13,17,24,29,32H,6-7,14-16H2/t24-/m1/s1. The van der Waals surface area contributed by atoms with Crippen LogP contribution in [-0.2, 0) is 32.8 Å². The van der Waals surface area contributed by atoms with Crippen LogP contribution in [0.15, 0.2) is 72.0 Å². The van der Waals surface area contributed by atoms with Crippen molar-refractivity contribution >= 4 is 27.0 Å². The minimum atomic E-state index is -4.27. The van der Waals surface area contributed by atoms with E-state index in [9.17, 15) is 22.7 Å². The summed E-state index contributed by atoms with van der Waals surface area (Å²) in [5, 5.41) is 9.82. The molecule has 0 saturated heterocycles. The van der Waals surface area contributed by atoms with Gasteiger partial charge in [-0.25, -0.2) is 27.3 Å². The van der Waals surface area contributed by atoms with E-state index in [1.165, 1.54) is 12.3 Å². The van der Waals surface area contributed by atoms with Gasteiger partial charge in [-0.2, -0.15) is 0 Å². The van der Waals surface area contributed by atoms with E-state index in [0.717, 1.165) is 29.5 Å². The molecule has 0 spiro atoms. The van der Waals surface area contributed by atoms with Gasteiger partial charge in [-0.05, 0) is 42.5 Å². The number of nitrogens with one attached hydrogen (secondary N) is 1. The van der Waals surface area contributed by atoms with Crippen LogP contribution in [0.3, 0.4) is 0 Å². The number of aliphatic hydroxyl groups excluding tert-OH is 1. The summed E-state index contributed by atoms with van der Waals surface area (Å²) in [5.74, 6) is -0.440. The Balaban J connectivity index is 1.34. The lowest BCUT2D eigenvalue weighted by Gasteiger charge is -2.14. The minimum absolute atomic E-state index is 0.0543. The van der Waals surface area contributed by atoms with E-state index in [1.54, 1.807) is 42.5 Å². The van der Waals surface area contributed by atoms with E-state index in [-0.39, 0.29) is 17.6 Å². The summed E-state index contributed by atoms with van der Waals surface area (Å²) in [6.07, 6.45) is 2.25. The second kappa shape index (κ2) is 10.9. The molecule has 1 aliphatic rings. The summed E-state index contributed by atoms with van der Waals surface area (Å²) in [5.41, 5.74) is 1.02. The first kappa shape index (κ1) is 25.8. The average molecular weight is 541 g/mol. The maximum absolute atomic E-state index is 13.9. The van der Waals surface area contributed by atoms with Gasteiger partial charge in [0.1, 0.15) is 11.6 Å². The number of esters is 1. The maximum Gasteiger partial charge on any atom is 0.341 e. The fourth-order valence-electron chi connectivity index (χ4n) is 3.76. The molecule has 1 atom stereocenters. The summed E-state index contributed by atoms with van der Waals surface area (Å²) in [4.78, 5) is 20.7. The van der Waals surface area contributed by atoms with Gasteiger partial charge in [0.15, 0.2) is 12.8 Å². The molecule has 38 heavy (non-hydrogen) atoms. The van der Waals surface area contributed by atoms with Crippen LogP contribution in [0.1, 0.15) is 30.2 Å². The van der Waals surface area contributed by atoms with Crippen LogP contribution < -0.4 is 9.46 Å². The molecule has 4 aromatic rings. The number of carbonyl (C=O) groups is 1. The van der Waals surface area contributed by atoms with E-state index >= 15 is 0 Å². The van der Waals surface area contributed by atoms with E-state index in [2.05, 4.69) is 14.7 Å². The molecule has 1 fully saturated rings. The van der Waals surface area contributed by atoms with Crippen molar-refractivity contribution in [3.05, 3.63) is 83.9 Å². The highest BCUT2D eigenvalue weighted by Crippen LogP contribution is 2.29. The van der Waals surface area contributed by atoms with Crippen molar-refractivity contribution in [2.75, 3.05) is 6.61 Å². The zero-order valence-electron chi connectivity index (χ0n) is 20.2. The zero-order valence-corrected chi connectivity index (χ0v) is 21.0. The summed E-state index contributed by atoms with van der Waals surface area (Å²) < 4.78 is 54.9. The molecule has 10 nitrogen and oxygen atoms in total. The van der Waals surface area contributed by atoms with Gasteiger partial charge in [0.2, 0.25) is 5.16 Å². The van der Waals surface area contributed by atoms with Crippen molar-refractivity contribution in [1.29, 1.82) is 0 Å². The van der Waals surface area contributed by atoms with E-state index in [1.807, 2.05) is 0 Å². The number of sulfonamides is 1. The van der Waals surface area contributed by atoms with Crippen LogP contribution in [-0.4, -0.2) is 40.6 Å². The molecule has 0 bridgehead atoms. The minimum Gasteiger partial charge on any atom is -0.493 e. The number of hydrogen-bond acceptors (Lipinski definition) is 8. The quantitative estimate of drug-likeness (QED) is 0.278. The van der Waals surface area contributed by atoms with Crippen LogP contribution in [0.4, 0.5) is 4.39 Å². The van der Waals surface area contributed by atoms with Crippen LogP contribution in [0, 0.1) is 11.7 Å². The highest BCUT2D eigenvalue weighted by molar-refractivity contribution is 7.89. The molecular formula is C26H25FN4O6S. The number of imidazole rings is 1. The molecule has 0 aliphatic heterocycles. The second-order valence-electron chi connectivity index (χ2n) is 8.92. The number of rotatable bonds is 11. The molecule has 2 heterocycles. The lowest BCUT2D eigenvalue weighted by atomic mass is 10.1. The fourth-order valence-corrected chi connectivity index (χ4v) is 4.89. The highest BCUT2D eigenvalue weighted by Gasteiger charge is 2.26. The van der Waals surface area contributed by atoms with Crippen molar-refractivity contribution in [2.45, 2.75) is 37.4 Å². The van der Waals surface area contributed by atoms with E-state index < -0.39 is 39.8 Å². The number of benzene rings is 2. The molecule has 2 aromatic heterocycles. The fraction of sp³-hybridized carbons (Fsp3) is 0.269. The predicted octanol–water partition coefficient (Wildman–Crippen LogP) is 3.07. The number of aromatic nitrogens is 3. The van der Waals surface area contributed by atoms with Gasteiger partial charge in [-0.15, -0.1) is 0 Å². The van der Waals surface area contributed by atoms with Crippen LogP contribution >= 0.6 is 0 Å².